The maximum absolute atomic E-state index is 13.2. The fourth-order valence-corrected chi connectivity index (χ4v) is 2.30. The Morgan fingerprint density at radius 2 is 1.61 bits per heavy atom. The molecule has 0 heterocycles. The van der Waals surface area contributed by atoms with Crippen molar-refractivity contribution in [1.82, 2.24) is 0 Å². The van der Waals surface area contributed by atoms with Crippen molar-refractivity contribution in [2.24, 2.45) is 0 Å². The average molecular weight is 332 g/mol. The van der Waals surface area contributed by atoms with Gasteiger partial charge < -0.3 is 0 Å². The van der Waals surface area contributed by atoms with Crippen LogP contribution in [-0.2, 0) is 0 Å². The summed E-state index contributed by atoms with van der Waals surface area (Å²) in [5.74, 6) is -1.75. The molecule has 94 valence electrons. The van der Waals surface area contributed by atoms with Crippen LogP contribution in [0.5, 0.6) is 0 Å². The summed E-state index contributed by atoms with van der Waals surface area (Å²) in [7, 11) is 0. The van der Waals surface area contributed by atoms with Crippen molar-refractivity contribution in [3.63, 3.8) is 0 Å². The molecule has 0 nitrogen and oxygen atoms in total. The Bertz CT molecular complexity index is 533. The molecule has 0 amide bonds. The van der Waals surface area contributed by atoms with Crippen molar-refractivity contribution in [1.29, 1.82) is 0 Å². The van der Waals surface area contributed by atoms with Crippen molar-refractivity contribution < 1.29 is 8.78 Å². The van der Waals surface area contributed by atoms with Crippen LogP contribution in [0.15, 0.2) is 40.9 Å². The predicted molar refractivity (Wildman–Crippen MR) is 72.9 cm³/mol. The smallest absolute Gasteiger partial charge is 0.159 e. The first-order valence-corrected chi connectivity index (χ1v) is 6.57. The molecular formula is C14H10BrClF2. The molecule has 0 saturated heterocycles. The van der Waals surface area contributed by atoms with E-state index in [9.17, 15) is 8.78 Å². The third kappa shape index (κ3) is 2.73. The summed E-state index contributed by atoms with van der Waals surface area (Å²) in [6, 6.07) is 9.38. The lowest BCUT2D eigenvalue weighted by Crippen LogP contribution is -1.96. The summed E-state index contributed by atoms with van der Waals surface area (Å²) in [5.41, 5.74) is 2.46. The minimum Gasteiger partial charge on any atom is -0.204 e. The van der Waals surface area contributed by atoms with Crippen molar-refractivity contribution in [3.05, 3.63) is 69.2 Å². The summed E-state index contributed by atoms with van der Waals surface area (Å²) >= 11 is 9.69. The Balaban J connectivity index is 2.37. The lowest BCUT2D eigenvalue weighted by Gasteiger charge is -2.12. The summed E-state index contributed by atoms with van der Waals surface area (Å²) < 4.78 is 26.9. The highest BCUT2D eigenvalue weighted by Gasteiger charge is 2.14. The van der Waals surface area contributed by atoms with Crippen molar-refractivity contribution in [2.75, 3.05) is 0 Å². The quantitative estimate of drug-likeness (QED) is 0.650. The first-order valence-electron chi connectivity index (χ1n) is 5.34. The SMILES string of the molecule is Cc1ccc(C(Cl)c2ccc(F)c(F)c2)cc1Br. The second-order valence-corrected chi connectivity index (χ2v) is 5.34. The lowest BCUT2D eigenvalue weighted by molar-refractivity contribution is 0.507. The van der Waals surface area contributed by atoms with E-state index in [1.54, 1.807) is 0 Å². The fraction of sp³-hybridized carbons (Fsp3) is 0.143. The molecule has 0 aromatic heterocycles. The Labute approximate surface area is 118 Å². The van der Waals surface area contributed by atoms with E-state index < -0.39 is 17.0 Å². The predicted octanol–water partition coefficient (Wildman–Crippen LogP) is 5.36. The fourth-order valence-electron chi connectivity index (χ4n) is 1.63. The van der Waals surface area contributed by atoms with Crippen molar-refractivity contribution in [3.8, 4) is 0 Å². The van der Waals surface area contributed by atoms with Crippen LogP contribution in [0.25, 0.3) is 0 Å². The number of hydrogen-bond donors (Lipinski definition) is 0. The number of aryl methyl sites for hydroxylation is 1. The highest BCUT2D eigenvalue weighted by atomic mass is 79.9. The zero-order valence-corrected chi connectivity index (χ0v) is 11.9. The molecule has 0 aliphatic heterocycles. The maximum atomic E-state index is 13.2. The Morgan fingerprint density at radius 1 is 1.00 bits per heavy atom. The minimum absolute atomic E-state index is 0.503. The largest absolute Gasteiger partial charge is 0.204 e. The topological polar surface area (TPSA) is 0 Å². The van der Waals surface area contributed by atoms with E-state index in [0.29, 0.717) is 5.56 Å². The van der Waals surface area contributed by atoms with Crippen LogP contribution in [0.2, 0.25) is 0 Å². The average Bonchev–Trinajstić information content (AvgIpc) is 2.35. The zero-order chi connectivity index (χ0) is 13.3. The van der Waals surface area contributed by atoms with Crippen LogP contribution >= 0.6 is 27.5 Å². The van der Waals surface area contributed by atoms with E-state index >= 15 is 0 Å². The van der Waals surface area contributed by atoms with Gasteiger partial charge in [-0.15, -0.1) is 11.6 Å². The van der Waals surface area contributed by atoms with E-state index in [1.165, 1.54) is 6.07 Å². The molecule has 2 rings (SSSR count). The molecule has 0 radical (unpaired) electrons. The van der Waals surface area contributed by atoms with Gasteiger partial charge in [-0.1, -0.05) is 34.1 Å². The summed E-state index contributed by atoms with van der Waals surface area (Å²) in [6.45, 7) is 1.97. The first kappa shape index (κ1) is 13.5. The number of alkyl halides is 1. The van der Waals surface area contributed by atoms with Crippen molar-refractivity contribution in [2.45, 2.75) is 12.3 Å². The first-order chi connectivity index (χ1) is 8.49. The molecule has 4 heteroatoms. The number of rotatable bonds is 2. The molecule has 0 spiro atoms. The van der Waals surface area contributed by atoms with E-state index in [2.05, 4.69) is 15.9 Å². The standard InChI is InChI=1S/C14H10BrClF2/c1-8-2-3-9(6-11(8)15)14(16)10-4-5-12(17)13(18)7-10/h2-7,14H,1H3. The van der Waals surface area contributed by atoms with Gasteiger partial charge in [0.15, 0.2) is 11.6 Å². The van der Waals surface area contributed by atoms with Crippen LogP contribution < -0.4 is 0 Å². The van der Waals surface area contributed by atoms with Crippen LogP contribution in [-0.4, -0.2) is 0 Å². The summed E-state index contributed by atoms with van der Waals surface area (Å²) in [6.07, 6.45) is 0. The second-order valence-electron chi connectivity index (χ2n) is 4.04. The van der Waals surface area contributed by atoms with Crippen LogP contribution in [0, 0.1) is 18.6 Å². The molecule has 18 heavy (non-hydrogen) atoms. The lowest BCUT2D eigenvalue weighted by atomic mass is 10.0. The Hall–Kier alpha value is -0.930. The van der Waals surface area contributed by atoms with Gasteiger partial charge in [0.05, 0.1) is 5.38 Å². The van der Waals surface area contributed by atoms with Gasteiger partial charge in [-0.3, -0.25) is 0 Å². The third-order valence-electron chi connectivity index (χ3n) is 2.72. The number of benzene rings is 2. The monoisotopic (exact) mass is 330 g/mol. The van der Waals surface area contributed by atoms with Gasteiger partial charge in [-0.25, -0.2) is 8.78 Å². The van der Waals surface area contributed by atoms with E-state index in [4.69, 9.17) is 11.6 Å². The normalized spacial score (nSPS) is 12.5. The maximum Gasteiger partial charge on any atom is 0.159 e. The third-order valence-corrected chi connectivity index (χ3v) is 4.08. The van der Waals surface area contributed by atoms with Gasteiger partial charge in [0.2, 0.25) is 0 Å². The molecule has 0 fully saturated rings. The van der Waals surface area contributed by atoms with Gasteiger partial charge in [-0.2, -0.15) is 0 Å². The molecule has 0 saturated carbocycles. The van der Waals surface area contributed by atoms with Crippen LogP contribution in [0.1, 0.15) is 22.1 Å². The highest BCUT2D eigenvalue weighted by Crippen LogP contribution is 2.32. The molecule has 1 atom stereocenters. The van der Waals surface area contributed by atoms with Gasteiger partial charge >= 0.3 is 0 Å². The molecule has 0 N–H and O–H groups in total. The van der Waals surface area contributed by atoms with Gasteiger partial charge in [0.1, 0.15) is 0 Å². The molecule has 1 unspecified atom stereocenters. The Kier molecular flexibility index (Phi) is 4.03. The van der Waals surface area contributed by atoms with E-state index in [0.717, 1.165) is 27.7 Å². The molecular weight excluding hydrogens is 322 g/mol. The molecule has 0 aliphatic carbocycles. The molecule has 2 aromatic carbocycles. The van der Waals surface area contributed by atoms with E-state index in [-0.39, 0.29) is 0 Å². The minimum atomic E-state index is -0.885. The second kappa shape index (κ2) is 5.37. The number of halogens is 4. The Morgan fingerprint density at radius 3 is 2.22 bits per heavy atom. The highest BCUT2D eigenvalue weighted by molar-refractivity contribution is 9.10. The van der Waals surface area contributed by atoms with Crippen molar-refractivity contribution >= 4 is 27.5 Å². The van der Waals surface area contributed by atoms with Gasteiger partial charge in [0, 0.05) is 4.47 Å². The molecule has 2 aromatic rings. The van der Waals surface area contributed by atoms with Gasteiger partial charge in [-0.05, 0) is 41.8 Å². The van der Waals surface area contributed by atoms with Crippen LogP contribution in [0.3, 0.4) is 0 Å². The molecule has 0 bridgehead atoms. The number of hydrogen-bond acceptors (Lipinski definition) is 0. The summed E-state index contributed by atoms with van der Waals surface area (Å²) in [4.78, 5) is 0. The van der Waals surface area contributed by atoms with Gasteiger partial charge in [0.25, 0.3) is 0 Å². The van der Waals surface area contributed by atoms with Crippen LogP contribution in [0.4, 0.5) is 8.78 Å². The van der Waals surface area contributed by atoms with E-state index in [1.807, 2.05) is 25.1 Å². The molecule has 0 aliphatic rings. The zero-order valence-electron chi connectivity index (χ0n) is 9.55. The summed E-state index contributed by atoms with van der Waals surface area (Å²) in [5, 5.41) is -0.503.